The Bertz CT molecular complexity index is 830. The number of rotatable bonds is 2. The van der Waals surface area contributed by atoms with E-state index in [4.69, 9.17) is 10.5 Å². The fraction of sp³-hybridized carbons (Fsp3) is 0. The number of nitrogens with two attached hydrogens (primary N) is 1. The third-order valence-corrected chi connectivity index (χ3v) is 3.17. The van der Waals surface area contributed by atoms with Crippen molar-refractivity contribution >= 4 is 22.4 Å². The molecule has 3 nitrogen and oxygen atoms in total. The van der Waals surface area contributed by atoms with Crippen molar-refractivity contribution in [2.45, 2.75) is 0 Å². The largest absolute Gasteiger partial charge is 0.423 e. The first-order chi connectivity index (χ1) is 10.1. The fourth-order valence-corrected chi connectivity index (χ4v) is 2.05. The molecule has 104 valence electrons. The van der Waals surface area contributed by atoms with Crippen molar-refractivity contribution in [3.63, 3.8) is 0 Å². The van der Waals surface area contributed by atoms with Gasteiger partial charge in [0.2, 0.25) is 0 Å². The summed E-state index contributed by atoms with van der Waals surface area (Å²) in [7, 11) is 0. The van der Waals surface area contributed by atoms with E-state index in [1.54, 1.807) is 12.1 Å². The number of anilines is 1. The Morgan fingerprint density at radius 1 is 0.952 bits per heavy atom. The molecule has 0 fully saturated rings. The van der Waals surface area contributed by atoms with Crippen LogP contribution in [0.25, 0.3) is 10.8 Å². The molecule has 21 heavy (non-hydrogen) atoms. The molecule has 3 rings (SSSR count). The lowest BCUT2D eigenvalue weighted by atomic mass is 10.1. The first-order valence-electron chi connectivity index (χ1n) is 6.39. The van der Waals surface area contributed by atoms with Crippen LogP contribution in [-0.2, 0) is 0 Å². The molecule has 0 radical (unpaired) electrons. The molecule has 2 N–H and O–H groups in total. The molecule has 3 aromatic carbocycles. The van der Waals surface area contributed by atoms with Crippen LogP contribution in [0.15, 0.2) is 60.7 Å². The summed E-state index contributed by atoms with van der Waals surface area (Å²) >= 11 is 0. The van der Waals surface area contributed by atoms with E-state index in [1.807, 2.05) is 30.3 Å². The smallest absolute Gasteiger partial charge is 0.343 e. The summed E-state index contributed by atoms with van der Waals surface area (Å²) in [6.07, 6.45) is 0. The summed E-state index contributed by atoms with van der Waals surface area (Å²) in [6.45, 7) is 0. The minimum Gasteiger partial charge on any atom is -0.423 e. The van der Waals surface area contributed by atoms with Gasteiger partial charge in [-0.25, -0.2) is 9.18 Å². The van der Waals surface area contributed by atoms with Crippen molar-refractivity contribution in [1.82, 2.24) is 0 Å². The zero-order valence-corrected chi connectivity index (χ0v) is 11.0. The van der Waals surface area contributed by atoms with Gasteiger partial charge in [-0.05, 0) is 41.1 Å². The van der Waals surface area contributed by atoms with Gasteiger partial charge in [-0.2, -0.15) is 0 Å². The van der Waals surface area contributed by atoms with Crippen LogP contribution in [0.3, 0.4) is 0 Å². The molecule has 3 aromatic rings. The molecule has 0 saturated heterocycles. The maximum absolute atomic E-state index is 13.4. The Hall–Kier alpha value is -2.88. The maximum atomic E-state index is 13.4. The van der Waals surface area contributed by atoms with Gasteiger partial charge in [-0.15, -0.1) is 0 Å². The molecule has 4 heteroatoms. The topological polar surface area (TPSA) is 52.3 Å². The standard InChI is InChI=1S/C17H12FNO2/c18-15-10-13(6-8-16(15)19)17(20)21-14-7-5-11-3-1-2-4-12(11)9-14/h1-10H,19H2. The second-order valence-electron chi connectivity index (χ2n) is 4.63. The molecule has 0 aliphatic carbocycles. The summed E-state index contributed by atoms with van der Waals surface area (Å²) in [5.74, 6) is -0.844. The lowest BCUT2D eigenvalue weighted by Crippen LogP contribution is -2.09. The lowest BCUT2D eigenvalue weighted by Gasteiger charge is -2.06. The molecule has 0 saturated carbocycles. The number of benzene rings is 3. The van der Waals surface area contributed by atoms with E-state index in [0.29, 0.717) is 5.75 Å². The number of hydrogen-bond donors (Lipinski definition) is 1. The number of esters is 1. The molecule has 0 atom stereocenters. The Morgan fingerprint density at radius 2 is 1.71 bits per heavy atom. The zero-order valence-electron chi connectivity index (χ0n) is 11.0. The quantitative estimate of drug-likeness (QED) is 0.442. The highest BCUT2D eigenvalue weighted by atomic mass is 19.1. The van der Waals surface area contributed by atoms with Gasteiger partial charge in [0.15, 0.2) is 0 Å². The van der Waals surface area contributed by atoms with Gasteiger partial charge in [0.1, 0.15) is 11.6 Å². The number of nitrogen functional groups attached to an aromatic ring is 1. The highest BCUT2D eigenvalue weighted by molar-refractivity contribution is 5.92. The van der Waals surface area contributed by atoms with Gasteiger partial charge in [-0.3, -0.25) is 0 Å². The number of fused-ring (bicyclic) bond motifs is 1. The van der Waals surface area contributed by atoms with Gasteiger partial charge in [0.05, 0.1) is 11.3 Å². The summed E-state index contributed by atoms with van der Waals surface area (Å²) in [4.78, 5) is 12.0. The lowest BCUT2D eigenvalue weighted by molar-refractivity contribution is 0.0734. The van der Waals surface area contributed by atoms with E-state index in [1.165, 1.54) is 12.1 Å². The van der Waals surface area contributed by atoms with E-state index in [2.05, 4.69) is 0 Å². The maximum Gasteiger partial charge on any atom is 0.343 e. The fourth-order valence-electron chi connectivity index (χ4n) is 2.05. The van der Waals surface area contributed by atoms with Crippen LogP contribution in [0.5, 0.6) is 5.75 Å². The van der Waals surface area contributed by atoms with E-state index in [-0.39, 0.29) is 11.3 Å². The first kappa shape index (κ1) is 13.1. The van der Waals surface area contributed by atoms with E-state index < -0.39 is 11.8 Å². The highest BCUT2D eigenvalue weighted by Crippen LogP contribution is 2.22. The number of halogens is 1. The Labute approximate surface area is 120 Å². The van der Waals surface area contributed by atoms with Crippen molar-refractivity contribution in [2.24, 2.45) is 0 Å². The molecular weight excluding hydrogens is 269 g/mol. The Balaban J connectivity index is 1.87. The van der Waals surface area contributed by atoms with E-state index in [0.717, 1.165) is 16.8 Å². The zero-order chi connectivity index (χ0) is 14.8. The number of carbonyl (C=O) groups excluding carboxylic acids is 1. The Morgan fingerprint density at radius 3 is 2.48 bits per heavy atom. The van der Waals surface area contributed by atoms with Crippen molar-refractivity contribution in [3.05, 3.63) is 72.0 Å². The minimum atomic E-state index is -0.636. The van der Waals surface area contributed by atoms with E-state index in [9.17, 15) is 9.18 Å². The normalized spacial score (nSPS) is 10.5. The van der Waals surface area contributed by atoms with Crippen LogP contribution in [-0.4, -0.2) is 5.97 Å². The van der Waals surface area contributed by atoms with Crippen LogP contribution in [0.4, 0.5) is 10.1 Å². The summed E-state index contributed by atoms with van der Waals surface area (Å²) < 4.78 is 18.6. The van der Waals surface area contributed by atoms with Crippen LogP contribution >= 0.6 is 0 Å². The molecule has 0 aliphatic heterocycles. The van der Waals surface area contributed by atoms with Crippen molar-refractivity contribution in [1.29, 1.82) is 0 Å². The summed E-state index contributed by atoms with van der Waals surface area (Å²) in [5.41, 5.74) is 5.49. The molecule has 0 spiro atoms. The third kappa shape index (κ3) is 2.69. The van der Waals surface area contributed by atoms with Crippen molar-refractivity contribution < 1.29 is 13.9 Å². The Kier molecular flexibility index (Phi) is 3.28. The summed E-state index contributed by atoms with van der Waals surface area (Å²) in [6, 6.07) is 16.9. The monoisotopic (exact) mass is 281 g/mol. The van der Waals surface area contributed by atoms with Crippen LogP contribution in [0.1, 0.15) is 10.4 Å². The average molecular weight is 281 g/mol. The van der Waals surface area contributed by atoms with Crippen LogP contribution < -0.4 is 10.5 Å². The second kappa shape index (κ2) is 5.25. The second-order valence-corrected chi connectivity index (χ2v) is 4.63. The van der Waals surface area contributed by atoms with Gasteiger partial charge in [-0.1, -0.05) is 30.3 Å². The molecule has 0 unspecified atom stereocenters. The first-order valence-corrected chi connectivity index (χ1v) is 6.39. The average Bonchev–Trinajstić information content (AvgIpc) is 2.50. The van der Waals surface area contributed by atoms with Gasteiger partial charge in [0.25, 0.3) is 0 Å². The third-order valence-electron chi connectivity index (χ3n) is 3.17. The SMILES string of the molecule is Nc1ccc(C(=O)Oc2ccc3ccccc3c2)cc1F. The van der Waals surface area contributed by atoms with Crippen LogP contribution in [0.2, 0.25) is 0 Å². The van der Waals surface area contributed by atoms with Crippen LogP contribution in [0, 0.1) is 5.82 Å². The molecule has 0 aromatic heterocycles. The molecule has 0 bridgehead atoms. The molecule has 0 amide bonds. The van der Waals surface area contributed by atoms with Gasteiger partial charge < -0.3 is 10.5 Å². The predicted octanol–water partition coefficient (Wildman–Crippen LogP) is 3.78. The number of hydrogen-bond acceptors (Lipinski definition) is 3. The molecular formula is C17H12FNO2. The molecule has 0 heterocycles. The van der Waals surface area contributed by atoms with Gasteiger partial charge in [0, 0.05) is 0 Å². The van der Waals surface area contributed by atoms with Crippen molar-refractivity contribution in [3.8, 4) is 5.75 Å². The summed E-state index contributed by atoms with van der Waals surface area (Å²) in [5, 5.41) is 2.02. The number of ether oxygens (including phenoxy) is 1. The van der Waals surface area contributed by atoms with Gasteiger partial charge >= 0.3 is 5.97 Å². The van der Waals surface area contributed by atoms with Crippen molar-refractivity contribution in [2.75, 3.05) is 5.73 Å². The van der Waals surface area contributed by atoms with E-state index >= 15 is 0 Å². The molecule has 0 aliphatic rings. The highest BCUT2D eigenvalue weighted by Gasteiger charge is 2.11. The minimum absolute atomic E-state index is 0.00254. The predicted molar refractivity (Wildman–Crippen MR) is 79.7 cm³/mol. The number of carbonyl (C=O) groups is 1.